The van der Waals surface area contributed by atoms with Gasteiger partial charge in [0.25, 0.3) is 0 Å². The molecule has 184 valence electrons. The first-order valence-electron chi connectivity index (χ1n) is 12.1. The maximum Gasteiger partial charge on any atom is 0.247 e. The highest BCUT2D eigenvalue weighted by molar-refractivity contribution is 7.98. The second-order valence-corrected chi connectivity index (χ2v) is 13.4. The standard InChI is InChI=1S/C28H34N2O3SSi/c1-28(2,3)26(33-35(4)5)22-13-11-21-18-23(14-12-20(21)17-22)27-30-29-25(32-27)19-34-16-15-31-24-9-7-6-8-10-24/h6-14,17-18,26,35H,15-16,19H2,1-5H3. The largest absolute Gasteiger partial charge is 0.493 e. The monoisotopic (exact) mass is 506 g/mol. The van der Waals surface area contributed by atoms with E-state index in [4.69, 9.17) is 13.6 Å². The average Bonchev–Trinajstić information content (AvgIpc) is 3.30. The van der Waals surface area contributed by atoms with Gasteiger partial charge in [0.15, 0.2) is 9.04 Å². The Labute approximate surface area is 214 Å². The summed E-state index contributed by atoms with van der Waals surface area (Å²) in [5.74, 6) is 3.58. The van der Waals surface area contributed by atoms with Gasteiger partial charge in [0.1, 0.15) is 5.75 Å². The Morgan fingerprint density at radius 1 is 0.943 bits per heavy atom. The topological polar surface area (TPSA) is 57.4 Å². The fourth-order valence-corrected chi connectivity index (χ4v) is 5.68. The van der Waals surface area contributed by atoms with E-state index in [0.29, 0.717) is 24.1 Å². The Kier molecular flexibility index (Phi) is 8.31. The van der Waals surface area contributed by atoms with Gasteiger partial charge in [-0.2, -0.15) is 0 Å². The number of benzene rings is 3. The fourth-order valence-electron chi connectivity index (χ4n) is 3.94. The van der Waals surface area contributed by atoms with E-state index in [1.54, 1.807) is 11.8 Å². The van der Waals surface area contributed by atoms with Crippen LogP contribution >= 0.6 is 11.8 Å². The molecule has 0 aliphatic carbocycles. The van der Waals surface area contributed by atoms with E-state index in [9.17, 15) is 0 Å². The molecule has 0 N–H and O–H groups in total. The fraction of sp³-hybridized carbons (Fsp3) is 0.357. The minimum absolute atomic E-state index is 0.0384. The van der Waals surface area contributed by atoms with Crippen molar-refractivity contribution >= 4 is 31.6 Å². The van der Waals surface area contributed by atoms with Crippen LogP contribution in [-0.4, -0.2) is 31.6 Å². The molecule has 1 atom stereocenters. The summed E-state index contributed by atoms with van der Waals surface area (Å²) in [6, 6.07) is 22.7. The SMILES string of the molecule is C[SiH](C)OC(c1ccc2cc(-c3nnc(CSCCOc4ccccc4)o3)ccc2c1)C(C)(C)C. The smallest absolute Gasteiger partial charge is 0.247 e. The summed E-state index contributed by atoms with van der Waals surface area (Å²) in [6.07, 6.45) is 0.0901. The van der Waals surface area contributed by atoms with Gasteiger partial charge in [0.2, 0.25) is 11.8 Å². The lowest BCUT2D eigenvalue weighted by atomic mass is 9.84. The number of hydrogen-bond donors (Lipinski definition) is 0. The first-order chi connectivity index (χ1) is 16.8. The van der Waals surface area contributed by atoms with Crippen LogP contribution in [0.2, 0.25) is 13.1 Å². The second kappa shape index (κ2) is 11.4. The van der Waals surface area contributed by atoms with Gasteiger partial charge < -0.3 is 13.6 Å². The zero-order valence-corrected chi connectivity index (χ0v) is 23.1. The lowest BCUT2D eigenvalue weighted by molar-refractivity contribution is 0.0867. The van der Waals surface area contributed by atoms with Gasteiger partial charge >= 0.3 is 0 Å². The summed E-state index contributed by atoms with van der Waals surface area (Å²) in [4.78, 5) is 0. The summed E-state index contributed by atoms with van der Waals surface area (Å²) in [5.41, 5.74) is 2.20. The molecule has 7 heteroatoms. The number of nitrogens with zero attached hydrogens (tertiary/aromatic N) is 2. The van der Waals surface area contributed by atoms with E-state index in [2.05, 4.69) is 74.4 Å². The molecule has 0 bridgehead atoms. The Hall–Kier alpha value is -2.61. The van der Waals surface area contributed by atoms with Crippen LogP contribution in [0.3, 0.4) is 0 Å². The van der Waals surface area contributed by atoms with Crippen LogP contribution in [0.1, 0.15) is 38.3 Å². The van der Waals surface area contributed by atoms with Crippen molar-refractivity contribution < 1.29 is 13.6 Å². The maximum absolute atomic E-state index is 6.41. The number of ether oxygens (including phenoxy) is 1. The third-order valence-corrected chi connectivity index (χ3v) is 7.26. The Balaban J connectivity index is 1.39. The number of aromatic nitrogens is 2. The Morgan fingerprint density at radius 3 is 2.43 bits per heavy atom. The van der Waals surface area contributed by atoms with Crippen molar-refractivity contribution in [2.24, 2.45) is 5.41 Å². The molecule has 1 unspecified atom stereocenters. The Morgan fingerprint density at radius 2 is 1.69 bits per heavy atom. The molecule has 5 nitrogen and oxygen atoms in total. The number of thioether (sulfide) groups is 1. The molecule has 1 heterocycles. The molecule has 0 amide bonds. The minimum atomic E-state index is -1.17. The maximum atomic E-state index is 6.41. The van der Waals surface area contributed by atoms with Crippen molar-refractivity contribution in [1.29, 1.82) is 0 Å². The van der Waals surface area contributed by atoms with Crippen molar-refractivity contribution in [3.63, 3.8) is 0 Å². The van der Waals surface area contributed by atoms with Crippen molar-refractivity contribution in [3.05, 3.63) is 78.2 Å². The highest BCUT2D eigenvalue weighted by atomic mass is 32.2. The van der Waals surface area contributed by atoms with Crippen LogP contribution in [0.4, 0.5) is 0 Å². The van der Waals surface area contributed by atoms with Crippen LogP contribution < -0.4 is 4.74 Å². The third kappa shape index (κ3) is 6.96. The van der Waals surface area contributed by atoms with Crippen LogP contribution in [0.15, 0.2) is 71.1 Å². The lowest BCUT2D eigenvalue weighted by Gasteiger charge is -2.33. The molecule has 4 rings (SSSR count). The second-order valence-electron chi connectivity index (χ2n) is 9.97. The van der Waals surface area contributed by atoms with Gasteiger partial charge in [-0.05, 0) is 65.2 Å². The number of fused-ring (bicyclic) bond motifs is 1. The molecule has 0 aliphatic rings. The number of rotatable bonds is 10. The van der Waals surface area contributed by atoms with Crippen LogP contribution in [0.25, 0.3) is 22.2 Å². The first-order valence-corrected chi connectivity index (χ1v) is 16.0. The predicted octanol–water partition coefficient (Wildman–Crippen LogP) is 7.29. The molecule has 0 saturated carbocycles. The highest BCUT2D eigenvalue weighted by Gasteiger charge is 2.28. The van der Waals surface area contributed by atoms with E-state index >= 15 is 0 Å². The molecule has 3 aromatic carbocycles. The van der Waals surface area contributed by atoms with E-state index in [0.717, 1.165) is 22.5 Å². The van der Waals surface area contributed by atoms with E-state index < -0.39 is 9.04 Å². The quantitative estimate of drug-likeness (QED) is 0.166. The third-order valence-electron chi connectivity index (χ3n) is 5.54. The first kappa shape index (κ1) is 25.5. The van der Waals surface area contributed by atoms with Crippen molar-refractivity contribution in [1.82, 2.24) is 10.2 Å². The molecule has 4 aromatic rings. The van der Waals surface area contributed by atoms with Gasteiger partial charge in [-0.3, -0.25) is 0 Å². The Bertz CT molecular complexity index is 1240. The molecule has 0 fully saturated rings. The van der Waals surface area contributed by atoms with Crippen molar-refractivity contribution in [2.75, 3.05) is 12.4 Å². The van der Waals surface area contributed by atoms with Crippen LogP contribution in [-0.2, 0) is 10.2 Å². The van der Waals surface area contributed by atoms with Crippen molar-refractivity contribution in [3.8, 4) is 17.2 Å². The summed E-state index contributed by atoms with van der Waals surface area (Å²) >= 11 is 1.72. The summed E-state index contributed by atoms with van der Waals surface area (Å²) < 4.78 is 18.1. The van der Waals surface area contributed by atoms with E-state index in [1.165, 1.54) is 10.9 Å². The normalized spacial score (nSPS) is 12.9. The van der Waals surface area contributed by atoms with Gasteiger partial charge in [0.05, 0.1) is 18.5 Å². The summed E-state index contributed by atoms with van der Waals surface area (Å²) in [6.45, 7) is 11.8. The predicted molar refractivity (Wildman–Crippen MR) is 147 cm³/mol. The highest BCUT2D eigenvalue weighted by Crippen LogP contribution is 2.38. The molecule has 0 aliphatic heterocycles. The van der Waals surface area contributed by atoms with Crippen molar-refractivity contribution in [2.45, 2.75) is 45.7 Å². The van der Waals surface area contributed by atoms with Crippen LogP contribution in [0.5, 0.6) is 5.75 Å². The molecule has 0 spiro atoms. The number of para-hydroxylation sites is 1. The van der Waals surface area contributed by atoms with E-state index in [-0.39, 0.29) is 11.5 Å². The molecule has 0 radical (unpaired) electrons. The molecular formula is C28H34N2O3SSi. The minimum Gasteiger partial charge on any atom is -0.493 e. The van der Waals surface area contributed by atoms with Gasteiger partial charge in [0, 0.05) is 11.3 Å². The molecular weight excluding hydrogens is 472 g/mol. The van der Waals surface area contributed by atoms with Gasteiger partial charge in [-0.1, -0.05) is 57.2 Å². The zero-order valence-electron chi connectivity index (χ0n) is 21.2. The number of hydrogen-bond acceptors (Lipinski definition) is 6. The van der Waals surface area contributed by atoms with Gasteiger partial charge in [-0.15, -0.1) is 22.0 Å². The average molecular weight is 507 g/mol. The van der Waals surface area contributed by atoms with Crippen LogP contribution in [0, 0.1) is 5.41 Å². The molecule has 1 aromatic heterocycles. The lowest BCUT2D eigenvalue weighted by Crippen LogP contribution is -2.25. The summed E-state index contributed by atoms with van der Waals surface area (Å²) in [5, 5.41) is 10.8. The molecule has 0 saturated heterocycles. The zero-order chi connectivity index (χ0) is 24.8. The van der Waals surface area contributed by atoms with E-state index in [1.807, 2.05) is 36.4 Å². The van der Waals surface area contributed by atoms with Gasteiger partial charge in [-0.25, -0.2) is 0 Å². The molecule has 35 heavy (non-hydrogen) atoms. The summed E-state index contributed by atoms with van der Waals surface area (Å²) in [7, 11) is -1.17.